The van der Waals surface area contributed by atoms with Gasteiger partial charge in [0.15, 0.2) is 6.10 Å². The van der Waals surface area contributed by atoms with Gasteiger partial charge in [-0.1, -0.05) is 41.6 Å². The minimum Gasteiger partial charge on any atom is -0.488 e. The molecule has 0 N–H and O–H groups in total. The van der Waals surface area contributed by atoms with Crippen LogP contribution in [-0.2, 0) is 27.3 Å². The summed E-state index contributed by atoms with van der Waals surface area (Å²) in [5.41, 5.74) is 4.24. The van der Waals surface area contributed by atoms with Crippen molar-refractivity contribution in [3.05, 3.63) is 76.5 Å². The van der Waals surface area contributed by atoms with Gasteiger partial charge in [0.1, 0.15) is 12.4 Å². The standard InChI is InChI=1S/C28H30N2O5S/c1-5-32-24(28(31)33-6-2)16-20-7-13-23(14-8-20)34-17-26-18(3)15-25(36-26)21-9-11-22(12-10-21)27-29-19(4)35-30-27/h7-15,24H,5-6,16-17H2,1-4H3. The number of hydrogen-bond donors (Lipinski definition) is 0. The maximum absolute atomic E-state index is 12.1. The molecule has 2 aromatic heterocycles. The van der Waals surface area contributed by atoms with Crippen molar-refractivity contribution in [3.63, 3.8) is 0 Å². The first-order valence-corrected chi connectivity index (χ1v) is 12.8. The van der Waals surface area contributed by atoms with Crippen molar-refractivity contribution in [2.45, 2.75) is 46.8 Å². The van der Waals surface area contributed by atoms with Crippen LogP contribution in [0.25, 0.3) is 21.8 Å². The molecule has 0 saturated carbocycles. The van der Waals surface area contributed by atoms with E-state index in [0.29, 0.717) is 38.0 Å². The zero-order chi connectivity index (χ0) is 25.5. The first kappa shape index (κ1) is 25.6. The lowest BCUT2D eigenvalue weighted by Gasteiger charge is -2.15. The van der Waals surface area contributed by atoms with Crippen molar-refractivity contribution in [2.75, 3.05) is 13.2 Å². The van der Waals surface area contributed by atoms with Crippen molar-refractivity contribution in [2.24, 2.45) is 0 Å². The molecule has 7 nitrogen and oxygen atoms in total. The highest BCUT2D eigenvalue weighted by Crippen LogP contribution is 2.33. The summed E-state index contributed by atoms with van der Waals surface area (Å²) in [5.74, 6) is 1.59. The highest BCUT2D eigenvalue weighted by molar-refractivity contribution is 7.15. The smallest absolute Gasteiger partial charge is 0.335 e. The second-order valence-corrected chi connectivity index (χ2v) is 9.40. The molecule has 2 aromatic carbocycles. The van der Waals surface area contributed by atoms with Gasteiger partial charge in [-0.05, 0) is 55.7 Å². The van der Waals surface area contributed by atoms with Gasteiger partial charge in [0.2, 0.25) is 11.7 Å². The van der Waals surface area contributed by atoms with E-state index < -0.39 is 6.10 Å². The fourth-order valence-corrected chi connectivity index (χ4v) is 4.83. The van der Waals surface area contributed by atoms with Crippen LogP contribution in [0.5, 0.6) is 5.75 Å². The van der Waals surface area contributed by atoms with E-state index in [1.807, 2.05) is 43.3 Å². The summed E-state index contributed by atoms with van der Waals surface area (Å²) in [6.07, 6.45) is -0.134. The van der Waals surface area contributed by atoms with Crippen LogP contribution in [-0.4, -0.2) is 35.4 Å². The first-order valence-electron chi connectivity index (χ1n) is 12.0. The Bertz CT molecular complexity index is 1280. The number of hydrogen-bond acceptors (Lipinski definition) is 8. The molecular formula is C28H30N2O5S. The highest BCUT2D eigenvalue weighted by Gasteiger charge is 2.20. The van der Waals surface area contributed by atoms with Gasteiger partial charge in [-0.3, -0.25) is 0 Å². The van der Waals surface area contributed by atoms with Crippen LogP contribution in [0, 0.1) is 13.8 Å². The lowest BCUT2D eigenvalue weighted by molar-refractivity contribution is -0.156. The Morgan fingerprint density at radius 1 is 1.00 bits per heavy atom. The predicted molar refractivity (Wildman–Crippen MR) is 139 cm³/mol. The molecular weight excluding hydrogens is 476 g/mol. The van der Waals surface area contributed by atoms with Crippen molar-refractivity contribution in [1.82, 2.24) is 10.1 Å². The van der Waals surface area contributed by atoms with Crippen LogP contribution in [0.3, 0.4) is 0 Å². The largest absolute Gasteiger partial charge is 0.488 e. The van der Waals surface area contributed by atoms with Gasteiger partial charge in [0.05, 0.1) is 6.61 Å². The third-order valence-electron chi connectivity index (χ3n) is 5.61. The van der Waals surface area contributed by atoms with Crippen LogP contribution in [0.4, 0.5) is 0 Å². The van der Waals surface area contributed by atoms with Crippen LogP contribution >= 0.6 is 11.3 Å². The first-order chi connectivity index (χ1) is 17.5. The number of aryl methyl sites for hydroxylation is 2. The normalized spacial score (nSPS) is 11.9. The van der Waals surface area contributed by atoms with Crippen LogP contribution in [0.1, 0.15) is 35.7 Å². The number of esters is 1. The lowest BCUT2D eigenvalue weighted by Crippen LogP contribution is -2.28. The van der Waals surface area contributed by atoms with Crippen molar-refractivity contribution < 1.29 is 23.5 Å². The Hall–Kier alpha value is -3.49. The summed E-state index contributed by atoms with van der Waals surface area (Å²) in [6.45, 7) is 8.82. The molecule has 4 rings (SSSR count). The van der Waals surface area contributed by atoms with E-state index in [1.54, 1.807) is 25.2 Å². The molecule has 0 spiro atoms. The van der Waals surface area contributed by atoms with Crippen LogP contribution in [0.15, 0.2) is 59.1 Å². The van der Waals surface area contributed by atoms with Crippen molar-refractivity contribution in [3.8, 4) is 27.6 Å². The molecule has 0 aliphatic carbocycles. The monoisotopic (exact) mass is 506 g/mol. The molecule has 1 unspecified atom stereocenters. The van der Waals surface area contributed by atoms with Gasteiger partial charge in [0, 0.05) is 35.3 Å². The lowest BCUT2D eigenvalue weighted by atomic mass is 10.1. The third-order valence-corrected chi connectivity index (χ3v) is 6.87. The van der Waals surface area contributed by atoms with E-state index in [2.05, 4.69) is 35.3 Å². The summed E-state index contributed by atoms with van der Waals surface area (Å²) in [5, 5.41) is 3.98. The number of aromatic nitrogens is 2. The van der Waals surface area contributed by atoms with Gasteiger partial charge >= 0.3 is 5.97 Å². The fraction of sp³-hybridized carbons (Fsp3) is 0.321. The zero-order valence-electron chi connectivity index (χ0n) is 20.9. The molecule has 36 heavy (non-hydrogen) atoms. The van der Waals surface area contributed by atoms with E-state index in [0.717, 1.165) is 22.4 Å². The Morgan fingerprint density at radius 2 is 1.72 bits per heavy atom. The van der Waals surface area contributed by atoms with Crippen molar-refractivity contribution in [1.29, 1.82) is 0 Å². The Kier molecular flexibility index (Phi) is 8.51. The van der Waals surface area contributed by atoms with Gasteiger partial charge in [0.25, 0.3) is 0 Å². The van der Waals surface area contributed by atoms with E-state index in [1.165, 1.54) is 15.3 Å². The number of nitrogens with zero attached hydrogens (tertiary/aromatic N) is 2. The van der Waals surface area contributed by atoms with Gasteiger partial charge in [-0.2, -0.15) is 4.98 Å². The van der Waals surface area contributed by atoms with E-state index in [4.69, 9.17) is 18.7 Å². The average molecular weight is 507 g/mol. The number of benzene rings is 2. The Morgan fingerprint density at radius 3 is 2.36 bits per heavy atom. The molecule has 4 aromatic rings. The number of carbonyl (C=O) groups is 1. The zero-order valence-corrected chi connectivity index (χ0v) is 21.8. The Labute approximate surface area is 215 Å². The van der Waals surface area contributed by atoms with E-state index in [9.17, 15) is 4.79 Å². The van der Waals surface area contributed by atoms with Gasteiger partial charge < -0.3 is 18.7 Å². The molecule has 8 heteroatoms. The van der Waals surface area contributed by atoms with E-state index in [-0.39, 0.29) is 5.97 Å². The van der Waals surface area contributed by atoms with E-state index >= 15 is 0 Å². The van der Waals surface area contributed by atoms with Gasteiger partial charge in [-0.25, -0.2) is 4.79 Å². The topological polar surface area (TPSA) is 83.7 Å². The minimum atomic E-state index is -0.598. The highest BCUT2D eigenvalue weighted by atomic mass is 32.1. The molecule has 188 valence electrons. The number of thiophene rings is 1. The van der Waals surface area contributed by atoms with Crippen molar-refractivity contribution >= 4 is 17.3 Å². The predicted octanol–water partition coefficient (Wildman–Crippen LogP) is 6.17. The molecule has 0 bridgehead atoms. The second-order valence-electron chi connectivity index (χ2n) is 8.26. The molecule has 0 fully saturated rings. The minimum absolute atomic E-state index is 0.330. The van der Waals surface area contributed by atoms with Gasteiger partial charge in [-0.15, -0.1) is 11.3 Å². The fourth-order valence-electron chi connectivity index (χ4n) is 3.74. The average Bonchev–Trinajstić information content (AvgIpc) is 3.49. The number of rotatable bonds is 11. The second kappa shape index (κ2) is 12.0. The molecule has 2 heterocycles. The number of ether oxygens (including phenoxy) is 3. The Balaban J connectivity index is 1.36. The molecule has 1 atom stereocenters. The summed E-state index contributed by atoms with van der Waals surface area (Å²) in [6, 6.07) is 18.1. The maximum Gasteiger partial charge on any atom is 0.335 e. The molecule has 0 amide bonds. The summed E-state index contributed by atoms with van der Waals surface area (Å²) in [7, 11) is 0. The molecule has 0 saturated heterocycles. The van der Waals surface area contributed by atoms with Crippen LogP contribution in [0.2, 0.25) is 0 Å². The molecule has 0 aliphatic rings. The molecule has 0 radical (unpaired) electrons. The maximum atomic E-state index is 12.1. The quantitative estimate of drug-likeness (QED) is 0.225. The summed E-state index contributed by atoms with van der Waals surface area (Å²) in [4.78, 5) is 18.7. The van der Waals surface area contributed by atoms with Crippen LogP contribution < -0.4 is 4.74 Å². The number of carbonyl (C=O) groups excluding carboxylic acids is 1. The molecule has 0 aliphatic heterocycles. The summed E-state index contributed by atoms with van der Waals surface area (Å²) >= 11 is 1.72. The third kappa shape index (κ3) is 6.38. The SMILES string of the molecule is CCOC(=O)C(Cc1ccc(OCc2sc(-c3ccc(-c4noc(C)n4)cc3)cc2C)cc1)OCC. The summed E-state index contributed by atoms with van der Waals surface area (Å²) < 4.78 is 21.8.